The minimum Gasteiger partial charge on any atom is -0.344 e. The minimum atomic E-state index is 0.166. The maximum absolute atomic E-state index is 2.45. The lowest BCUT2D eigenvalue weighted by Crippen LogP contribution is -2.10. The molecule has 1 aromatic heterocycles. The Bertz CT molecular complexity index is 3060. The highest BCUT2D eigenvalue weighted by atomic mass is 32.2. The van der Waals surface area contributed by atoms with Gasteiger partial charge < -0.3 is 9.47 Å². The summed E-state index contributed by atoms with van der Waals surface area (Å²) in [6.07, 6.45) is 0. The summed E-state index contributed by atoms with van der Waals surface area (Å²) in [5, 5.41) is 2.51. The molecule has 1 heterocycles. The molecule has 3 heteroatoms. The lowest BCUT2D eigenvalue weighted by Gasteiger charge is -2.24. The number of para-hydroxylation sites is 3. The Morgan fingerprint density at radius 2 is 1.00 bits per heavy atom. The molecule has 0 radical (unpaired) electrons. The second-order valence-electron chi connectivity index (χ2n) is 15.4. The van der Waals surface area contributed by atoms with E-state index in [9.17, 15) is 0 Å². The number of fused-ring (bicyclic) bond motifs is 3. The average Bonchev–Trinajstić information content (AvgIpc) is 3.67. The van der Waals surface area contributed by atoms with Gasteiger partial charge >= 0.3 is 0 Å². The molecule has 0 N–H and O–H groups in total. The molecule has 288 valence electrons. The summed E-state index contributed by atoms with van der Waals surface area (Å²) in [7, 11) is 2.17. The van der Waals surface area contributed by atoms with E-state index in [1.807, 2.05) is 11.8 Å². The number of benzene rings is 9. The van der Waals surface area contributed by atoms with E-state index < -0.39 is 0 Å². The van der Waals surface area contributed by atoms with Crippen molar-refractivity contribution in [3.8, 4) is 39.1 Å². The molecular formula is C57H44N2S. The Kier molecular flexibility index (Phi) is 10.1. The molecule has 9 aromatic carbocycles. The van der Waals surface area contributed by atoms with Crippen molar-refractivity contribution in [3.63, 3.8) is 0 Å². The molecule has 0 saturated heterocycles. The van der Waals surface area contributed by atoms with Crippen LogP contribution in [0.4, 0.5) is 11.4 Å². The standard InChI is InChI=1S/C57H44N2S/c1-40(41-17-6-3-7-18-41)52-39-46(49-23-12-14-26-53(49)58(2)47-34-29-44(30-35-47)42-19-8-4-9-20-42)33-38-55(52)60-56-28-16-25-51-50-24-13-15-27-54(50)59(57(51)56)48-36-31-45(32-37-48)43-21-10-5-11-22-43/h3-40H,1-2H3. The molecule has 0 aliphatic carbocycles. The summed E-state index contributed by atoms with van der Waals surface area (Å²) in [4.78, 5) is 4.78. The smallest absolute Gasteiger partial charge is 0.0680 e. The van der Waals surface area contributed by atoms with E-state index in [0.29, 0.717) is 0 Å². The number of anilines is 2. The predicted molar refractivity (Wildman–Crippen MR) is 256 cm³/mol. The molecule has 0 amide bonds. The van der Waals surface area contributed by atoms with Gasteiger partial charge in [-0.25, -0.2) is 0 Å². The fraction of sp³-hybridized carbons (Fsp3) is 0.0526. The van der Waals surface area contributed by atoms with Crippen molar-refractivity contribution in [2.75, 3.05) is 11.9 Å². The normalized spacial score (nSPS) is 11.8. The van der Waals surface area contributed by atoms with Gasteiger partial charge in [0.05, 0.1) is 11.0 Å². The summed E-state index contributed by atoms with van der Waals surface area (Å²) < 4.78 is 2.45. The van der Waals surface area contributed by atoms with E-state index in [4.69, 9.17) is 0 Å². The van der Waals surface area contributed by atoms with E-state index >= 15 is 0 Å². The van der Waals surface area contributed by atoms with Crippen molar-refractivity contribution in [2.45, 2.75) is 22.6 Å². The van der Waals surface area contributed by atoms with Gasteiger partial charge in [0.2, 0.25) is 0 Å². The molecule has 10 aromatic rings. The van der Waals surface area contributed by atoms with Crippen molar-refractivity contribution in [1.29, 1.82) is 0 Å². The van der Waals surface area contributed by atoms with E-state index in [1.165, 1.54) is 76.1 Å². The van der Waals surface area contributed by atoms with Gasteiger partial charge in [-0.15, -0.1) is 0 Å². The number of aromatic nitrogens is 1. The van der Waals surface area contributed by atoms with Gasteiger partial charge in [-0.1, -0.05) is 189 Å². The molecule has 0 bridgehead atoms. The van der Waals surface area contributed by atoms with Crippen LogP contribution in [0.1, 0.15) is 24.0 Å². The maximum atomic E-state index is 2.45. The highest BCUT2D eigenvalue weighted by molar-refractivity contribution is 7.99. The second kappa shape index (κ2) is 16.3. The summed E-state index contributed by atoms with van der Waals surface area (Å²) in [5.74, 6) is 0.166. The fourth-order valence-corrected chi connectivity index (χ4v) is 9.79. The summed E-state index contributed by atoms with van der Waals surface area (Å²) in [5.41, 5.74) is 15.8. The van der Waals surface area contributed by atoms with Gasteiger partial charge in [-0.3, -0.25) is 0 Å². The monoisotopic (exact) mass is 788 g/mol. The molecular weight excluding hydrogens is 745 g/mol. The third kappa shape index (κ3) is 7.08. The van der Waals surface area contributed by atoms with Gasteiger partial charge in [-0.2, -0.15) is 0 Å². The molecule has 2 nitrogen and oxygen atoms in total. The van der Waals surface area contributed by atoms with Crippen molar-refractivity contribution < 1.29 is 0 Å². The molecule has 0 aliphatic heterocycles. The van der Waals surface area contributed by atoms with Crippen LogP contribution in [-0.4, -0.2) is 11.6 Å². The van der Waals surface area contributed by atoms with E-state index in [1.54, 1.807) is 0 Å². The van der Waals surface area contributed by atoms with Crippen LogP contribution in [0.5, 0.6) is 0 Å². The highest BCUT2D eigenvalue weighted by Crippen LogP contribution is 2.45. The summed E-state index contributed by atoms with van der Waals surface area (Å²) in [6.45, 7) is 2.34. The number of hydrogen-bond donors (Lipinski definition) is 0. The van der Waals surface area contributed by atoms with Crippen LogP contribution in [-0.2, 0) is 0 Å². The Balaban J connectivity index is 1.07. The van der Waals surface area contributed by atoms with Crippen molar-refractivity contribution >= 4 is 44.9 Å². The lowest BCUT2D eigenvalue weighted by atomic mass is 9.90. The Morgan fingerprint density at radius 1 is 0.450 bits per heavy atom. The molecule has 1 unspecified atom stereocenters. The van der Waals surface area contributed by atoms with Crippen molar-refractivity contribution in [2.24, 2.45) is 0 Å². The first-order valence-corrected chi connectivity index (χ1v) is 21.5. The minimum absolute atomic E-state index is 0.166. The molecule has 0 spiro atoms. The van der Waals surface area contributed by atoms with Crippen LogP contribution in [0.2, 0.25) is 0 Å². The van der Waals surface area contributed by atoms with E-state index in [2.05, 4.69) is 248 Å². The van der Waals surface area contributed by atoms with Gasteiger partial charge in [0.25, 0.3) is 0 Å². The molecule has 1 atom stereocenters. The molecule has 0 saturated carbocycles. The SMILES string of the molecule is CC(c1ccccc1)c1cc(-c2ccccc2N(C)c2ccc(-c3ccccc3)cc2)ccc1Sc1cccc2c3ccccc3n(-c3ccc(-c4ccccc4)cc3)c12. The fourth-order valence-electron chi connectivity index (χ4n) is 8.62. The number of nitrogens with zero attached hydrogens (tertiary/aromatic N) is 2. The first kappa shape index (κ1) is 37.2. The Morgan fingerprint density at radius 3 is 1.70 bits per heavy atom. The van der Waals surface area contributed by atoms with Crippen LogP contribution in [0, 0.1) is 0 Å². The first-order valence-electron chi connectivity index (χ1n) is 20.6. The lowest BCUT2D eigenvalue weighted by molar-refractivity contribution is 0.895. The zero-order chi connectivity index (χ0) is 40.4. The van der Waals surface area contributed by atoms with Gasteiger partial charge in [0.15, 0.2) is 0 Å². The van der Waals surface area contributed by atoms with Crippen molar-refractivity contribution in [3.05, 3.63) is 236 Å². The first-order chi connectivity index (χ1) is 29.6. The van der Waals surface area contributed by atoms with Crippen LogP contribution < -0.4 is 4.90 Å². The van der Waals surface area contributed by atoms with Gasteiger partial charge in [0.1, 0.15) is 0 Å². The maximum Gasteiger partial charge on any atom is 0.0680 e. The topological polar surface area (TPSA) is 8.17 Å². The predicted octanol–water partition coefficient (Wildman–Crippen LogP) is 15.9. The average molecular weight is 789 g/mol. The van der Waals surface area contributed by atoms with Gasteiger partial charge in [-0.05, 0) is 93.5 Å². The van der Waals surface area contributed by atoms with Crippen LogP contribution in [0.25, 0.3) is 60.9 Å². The molecule has 60 heavy (non-hydrogen) atoms. The van der Waals surface area contributed by atoms with E-state index in [-0.39, 0.29) is 5.92 Å². The summed E-state index contributed by atoms with van der Waals surface area (Å²) >= 11 is 1.87. The Labute approximate surface area is 357 Å². The van der Waals surface area contributed by atoms with Crippen molar-refractivity contribution in [1.82, 2.24) is 4.57 Å². The third-order valence-electron chi connectivity index (χ3n) is 11.8. The van der Waals surface area contributed by atoms with E-state index in [0.717, 1.165) is 17.1 Å². The second-order valence-corrected chi connectivity index (χ2v) is 16.5. The highest BCUT2D eigenvalue weighted by Gasteiger charge is 2.21. The molecule has 10 rings (SSSR count). The molecule has 0 fully saturated rings. The Hall–Kier alpha value is -7.07. The van der Waals surface area contributed by atoms with Crippen LogP contribution in [0.3, 0.4) is 0 Å². The third-order valence-corrected chi connectivity index (χ3v) is 13.0. The quantitative estimate of drug-likeness (QED) is 0.136. The van der Waals surface area contributed by atoms with Crippen LogP contribution >= 0.6 is 11.8 Å². The largest absolute Gasteiger partial charge is 0.344 e. The zero-order valence-corrected chi connectivity index (χ0v) is 34.6. The van der Waals surface area contributed by atoms with Crippen LogP contribution in [0.15, 0.2) is 234 Å². The van der Waals surface area contributed by atoms with Gasteiger partial charge in [0, 0.05) is 56.2 Å². The summed E-state index contributed by atoms with van der Waals surface area (Å²) in [6, 6.07) is 81.4. The number of hydrogen-bond acceptors (Lipinski definition) is 2. The number of rotatable bonds is 10. The molecule has 0 aliphatic rings. The zero-order valence-electron chi connectivity index (χ0n) is 33.7.